The normalized spacial score (nSPS) is 16.8. The van der Waals surface area contributed by atoms with E-state index in [0.717, 1.165) is 16.9 Å². The maximum atomic E-state index is 12.5. The van der Waals surface area contributed by atoms with Crippen molar-refractivity contribution >= 4 is 17.6 Å². The second-order valence-electron chi connectivity index (χ2n) is 6.15. The molecule has 0 aliphatic carbocycles. The molecule has 1 fully saturated rings. The molecule has 0 spiro atoms. The number of carbonyl (C=O) groups excluding carboxylic acids is 2. The molecule has 1 aromatic carbocycles. The van der Waals surface area contributed by atoms with Gasteiger partial charge in [0.15, 0.2) is 0 Å². The van der Waals surface area contributed by atoms with Crippen LogP contribution < -0.4 is 10.1 Å². The number of anilines is 1. The summed E-state index contributed by atoms with van der Waals surface area (Å²) in [5, 5.41) is 2.83. The zero-order chi connectivity index (χ0) is 17.8. The largest absolute Gasteiger partial charge is 0.496 e. The summed E-state index contributed by atoms with van der Waals surface area (Å²) in [5.41, 5.74) is 1.83. The second kappa shape index (κ2) is 7.34. The predicted octanol–water partition coefficient (Wildman–Crippen LogP) is 2.39. The molecule has 0 radical (unpaired) electrons. The number of aryl methyl sites for hydroxylation is 1. The SMILES string of the molecule is COc1ccccc1CN1CC(C(=O)Nc2ncccc2C)CC1=O. The molecule has 2 aromatic rings. The predicted molar refractivity (Wildman–Crippen MR) is 94.1 cm³/mol. The summed E-state index contributed by atoms with van der Waals surface area (Å²) in [5.74, 6) is 0.723. The Balaban J connectivity index is 1.66. The molecule has 3 rings (SSSR count). The number of benzene rings is 1. The quantitative estimate of drug-likeness (QED) is 0.908. The van der Waals surface area contributed by atoms with Crippen LogP contribution in [0.15, 0.2) is 42.6 Å². The van der Waals surface area contributed by atoms with Gasteiger partial charge in [0.1, 0.15) is 11.6 Å². The lowest BCUT2D eigenvalue weighted by atomic mass is 10.1. The average Bonchev–Trinajstić information content (AvgIpc) is 2.98. The number of hydrogen-bond acceptors (Lipinski definition) is 4. The standard InChI is InChI=1S/C19H21N3O3/c1-13-6-5-9-20-18(13)21-19(24)15-10-17(23)22(12-15)11-14-7-3-4-8-16(14)25-2/h3-9,15H,10-12H2,1-2H3,(H,20,21,24). The summed E-state index contributed by atoms with van der Waals surface area (Å²) >= 11 is 0. The first-order valence-corrected chi connectivity index (χ1v) is 8.20. The Labute approximate surface area is 146 Å². The van der Waals surface area contributed by atoms with E-state index in [1.54, 1.807) is 18.2 Å². The van der Waals surface area contributed by atoms with Crippen LogP contribution in [0.1, 0.15) is 17.5 Å². The number of nitrogens with zero attached hydrogens (tertiary/aromatic N) is 2. The van der Waals surface area contributed by atoms with Gasteiger partial charge in [-0.3, -0.25) is 9.59 Å². The molecule has 130 valence electrons. The topological polar surface area (TPSA) is 71.5 Å². The molecule has 25 heavy (non-hydrogen) atoms. The molecule has 1 aliphatic rings. The van der Waals surface area contributed by atoms with Gasteiger partial charge in [-0.05, 0) is 24.6 Å². The fourth-order valence-electron chi connectivity index (χ4n) is 2.98. The van der Waals surface area contributed by atoms with Crippen molar-refractivity contribution in [1.82, 2.24) is 9.88 Å². The molecule has 1 unspecified atom stereocenters. The van der Waals surface area contributed by atoms with E-state index in [4.69, 9.17) is 4.74 Å². The first-order valence-electron chi connectivity index (χ1n) is 8.20. The van der Waals surface area contributed by atoms with Crippen LogP contribution in [0, 0.1) is 12.8 Å². The monoisotopic (exact) mass is 339 g/mol. The molecule has 2 amide bonds. The van der Waals surface area contributed by atoms with Crippen molar-refractivity contribution in [3.05, 3.63) is 53.7 Å². The van der Waals surface area contributed by atoms with Crippen LogP contribution in [-0.4, -0.2) is 35.4 Å². The molecule has 6 nitrogen and oxygen atoms in total. The van der Waals surface area contributed by atoms with E-state index >= 15 is 0 Å². The third kappa shape index (κ3) is 3.79. The molecule has 1 aliphatic heterocycles. The number of nitrogens with one attached hydrogen (secondary N) is 1. The highest BCUT2D eigenvalue weighted by Crippen LogP contribution is 2.25. The lowest BCUT2D eigenvalue weighted by Gasteiger charge is -2.18. The van der Waals surface area contributed by atoms with Gasteiger partial charge in [0.2, 0.25) is 11.8 Å². The first kappa shape index (κ1) is 17.0. The average molecular weight is 339 g/mol. The number of methoxy groups -OCH3 is 1. The lowest BCUT2D eigenvalue weighted by molar-refractivity contribution is -0.128. The first-order chi connectivity index (χ1) is 12.1. The van der Waals surface area contributed by atoms with E-state index in [-0.39, 0.29) is 24.2 Å². The number of carbonyl (C=O) groups is 2. The number of hydrogen-bond donors (Lipinski definition) is 1. The summed E-state index contributed by atoms with van der Waals surface area (Å²) in [4.78, 5) is 30.7. The third-order valence-corrected chi connectivity index (χ3v) is 4.39. The Hall–Kier alpha value is -2.89. The maximum absolute atomic E-state index is 12.5. The second-order valence-corrected chi connectivity index (χ2v) is 6.15. The van der Waals surface area contributed by atoms with Crippen LogP contribution in [0.25, 0.3) is 0 Å². The van der Waals surface area contributed by atoms with Crippen LogP contribution in [0.4, 0.5) is 5.82 Å². The number of amides is 2. The van der Waals surface area contributed by atoms with Gasteiger partial charge in [0, 0.05) is 31.3 Å². The van der Waals surface area contributed by atoms with Crippen molar-refractivity contribution in [2.75, 3.05) is 19.0 Å². The number of pyridine rings is 1. The molecule has 0 bridgehead atoms. The van der Waals surface area contributed by atoms with Crippen molar-refractivity contribution in [3.63, 3.8) is 0 Å². The fraction of sp³-hybridized carbons (Fsp3) is 0.316. The van der Waals surface area contributed by atoms with Gasteiger partial charge in [-0.25, -0.2) is 4.98 Å². The van der Waals surface area contributed by atoms with Gasteiger partial charge in [-0.15, -0.1) is 0 Å². The Morgan fingerprint density at radius 1 is 1.32 bits per heavy atom. The highest BCUT2D eigenvalue weighted by Gasteiger charge is 2.34. The molecule has 1 aromatic heterocycles. The van der Waals surface area contributed by atoms with E-state index in [1.807, 2.05) is 43.3 Å². The van der Waals surface area contributed by atoms with Gasteiger partial charge in [0.25, 0.3) is 0 Å². The number of aromatic nitrogens is 1. The van der Waals surface area contributed by atoms with Crippen LogP contribution in [-0.2, 0) is 16.1 Å². The van der Waals surface area contributed by atoms with E-state index in [1.165, 1.54) is 0 Å². The lowest BCUT2D eigenvalue weighted by Crippen LogP contribution is -2.28. The Kier molecular flexibility index (Phi) is 4.97. The van der Waals surface area contributed by atoms with Gasteiger partial charge in [-0.1, -0.05) is 24.3 Å². The molecule has 1 saturated heterocycles. The van der Waals surface area contributed by atoms with Crippen molar-refractivity contribution in [2.45, 2.75) is 19.9 Å². The van der Waals surface area contributed by atoms with E-state index in [9.17, 15) is 9.59 Å². The summed E-state index contributed by atoms with van der Waals surface area (Å²) in [7, 11) is 1.61. The summed E-state index contributed by atoms with van der Waals surface area (Å²) in [6.45, 7) is 2.72. The van der Waals surface area contributed by atoms with E-state index in [0.29, 0.717) is 18.9 Å². The van der Waals surface area contributed by atoms with Crippen LogP contribution >= 0.6 is 0 Å². The molecular weight excluding hydrogens is 318 g/mol. The minimum absolute atomic E-state index is 0.0243. The Bertz CT molecular complexity index is 791. The zero-order valence-electron chi connectivity index (χ0n) is 14.4. The third-order valence-electron chi connectivity index (χ3n) is 4.39. The van der Waals surface area contributed by atoms with Gasteiger partial charge in [-0.2, -0.15) is 0 Å². The van der Waals surface area contributed by atoms with Crippen molar-refractivity contribution in [3.8, 4) is 5.75 Å². The highest BCUT2D eigenvalue weighted by molar-refractivity contribution is 5.97. The molecular formula is C19H21N3O3. The van der Waals surface area contributed by atoms with Crippen LogP contribution in [0.2, 0.25) is 0 Å². The van der Waals surface area contributed by atoms with Gasteiger partial charge >= 0.3 is 0 Å². The molecule has 1 atom stereocenters. The minimum Gasteiger partial charge on any atom is -0.496 e. The maximum Gasteiger partial charge on any atom is 0.230 e. The minimum atomic E-state index is -0.372. The van der Waals surface area contributed by atoms with Crippen molar-refractivity contribution in [1.29, 1.82) is 0 Å². The molecule has 6 heteroatoms. The van der Waals surface area contributed by atoms with E-state index < -0.39 is 0 Å². The smallest absolute Gasteiger partial charge is 0.230 e. The number of ether oxygens (including phenoxy) is 1. The summed E-state index contributed by atoms with van der Waals surface area (Å²) < 4.78 is 5.33. The zero-order valence-corrected chi connectivity index (χ0v) is 14.4. The number of likely N-dealkylation sites (tertiary alicyclic amines) is 1. The van der Waals surface area contributed by atoms with Crippen molar-refractivity contribution < 1.29 is 14.3 Å². The molecule has 1 N–H and O–H groups in total. The summed E-state index contributed by atoms with van der Waals surface area (Å²) in [6, 6.07) is 11.3. The van der Waals surface area contributed by atoms with Gasteiger partial charge < -0.3 is 15.0 Å². The molecule has 2 heterocycles. The molecule has 0 saturated carbocycles. The number of para-hydroxylation sites is 1. The van der Waals surface area contributed by atoms with Crippen LogP contribution in [0.5, 0.6) is 5.75 Å². The van der Waals surface area contributed by atoms with Crippen molar-refractivity contribution in [2.24, 2.45) is 5.92 Å². The fourth-order valence-corrected chi connectivity index (χ4v) is 2.98. The van der Waals surface area contributed by atoms with Gasteiger partial charge in [0.05, 0.1) is 13.0 Å². The Morgan fingerprint density at radius 3 is 2.88 bits per heavy atom. The Morgan fingerprint density at radius 2 is 2.12 bits per heavy atom. The highest BCUT2D eigenvalue weighted by atomic mass is 16.5. The van der Waals surface area contributed by atoms with E-state index in [2.05, 4.69) is 10.3 Å². The summed E-state index contributed by atoms with van der Waals surface area (Å²) in [6.07, 6.45) is 1.85. The van der Waals surface area contributed by atoms with Crippen LogP contribution in [0.3, 0.4) is 0 Å². The number of rotatable bonds is 5.